The normalized spacial score (nSPS) is 10.7. The molecule has 4 aromatic rings. The van der Waals surface area contributed by atoms with Crippen molar-refractivity contribution in [1.29, 1.82) is 0 Å². The minimum Gasteiger partial charge on any atom is -0.493 e. The van der Waals surface area contributed by atoms with Crippen molar-refractivity contribution in [3.8, 4) is 39.9 Å². The Bertz CT molecular complexity index is 1240. The quantitative estimate of drug-likeness (QED) is 0.417. The molecule has 0 bridgehead atoms. The molecule has 0 unspecified atom stereocenters. The van der Waals surface area contributed by atoms with Gasteiger partial charge in [0.15, 0.2) is 11.5 Å². The van der Waals surface area contributed by atoms with Crippen LogP contribution < -0.4 is 19.8 Å². The summed E-state index contributed by atoms with van der Waals surface area (Å²) in [7, 11) is 4.61. The molecule has 9 nitrogen and oxygen atoms in total. The summed E-state index contributed by atoms with van der Waals surface area (Å²) in [5.74, 6) is 2.21. The number of methoxy groups -OCH3 is 3. The molecular weight excluding hydrogens is 412 g/mol. The minimum absolute atomic E-state index is 0.200. The van der Waals surface area contributed by atoms with E-state index in [4.69, 9.17) is 18.7 Å². The van der Waals surface area contributed by atoms with Crippen LogP contribution in [0.15, 0.2) is 63.9 Å². The molecule has 0 N–H and O–H groups in total. The first-order valence-corrected chi connectivity index (χ1v) is 9.89. The number of hydrogen-bond donors (Lipinski definition) is 0. The van der Waals surface area contributed by atoms with Crippen LogP contribution in [-0.4, -0.2) is 41.3 Å². The van der Waals surface area contributed by atoms with Crippen LogP contribution >= 0.6 is 0 Å². The van der Waals surface area contributed by atoms with Crippen molar-refractivity contribution in [2.24, 2.45) is 0 Å². The van der Waals surface area contributed by atoms with E-state index >= 15 is 0 Å². The molecule has 2 aromatic carbocycles. The molecule has 2 heterocycles. The fourth-order valence-electron chi connectivity index (χ4n) is 3.26. The van der Waals surface area contributed by atoms with Crippen LogP contribution in [0.5, 0.6) is 17.2 Å². The van der Waals surface area contributed by atoms with Crippen LogP contribution in [0.2, 0.25) is 0 Å². The Morgan fingerprint density at radius 1 is 0.906 bits per heavy atom. The Labute approximate surface area is 184 Å². The van der Waals surface area contributed by atoms with Gasteiger partial charge in [-0.25, -0.2) is 4.68 Å². The van der Waals surface area contributed by atoms with Gasteiger partial charge < -0.3 is 18.7 Å². The van der Waals surface area contributed by atoms with Gasteiger partial charge in [-0.2, -0.15) is 10.1 Å². The topological polar surface area (TPSA) is 102 Å². The lowest BCUT2D eigenvalue weighted by molar-refractivity contribution is 0.324. The van der Waals surface area contributed by atoms with E-state index < -0.39 is 0 Å². The number of aryl methyl sites for hydroxylation is 2. The number of hydrogen-bond acceptors (Lipinski definition) is 8. The molecule has 0 spiro atoms. The second-order valence-corrected chi connectivity index (χ2v) is 6.82. The predicted octanol–water partition coefficient (Wildman–Crippen LogP) is 3.23. The van der Waals surface area contributed by atoms with Gasteiger partial charge >= 0.3 is 0 Å². The number of rotatable bonds is 8. The highest BCUT2D eigenvalue weighted by atomic mass is 16.5. The van der Waals surface area contributed by atoms with Crippen molar-refractivity contribution in [2.45, 2.75) is 13.0 Å². The largest absolute Gasteiger partial charge is 0.493 e. The molecule has 0 fully saturated rings. The third kappa shape index (κ3) is 4.31. The van der Waals surface area contributed by atoms with Gasteiger partial charge in [0.2, 0.25) is 17.5 Å². The van der Waals surface area contributed by atoms with E-state index in [0.717, 1.165) is 5.56 Å². The van der Waals surface area contributed by atoms with Gasteiger partial charge in [0.25, 0.3) is 5.56 Å². The number of ether oxygens (including phenoxy) is 3. The molecule has 0 aliphatic carbocycles. The smallest absolute Gasteiger partial charge is 0.266 e. The fourth-order valence-corrected chi connectivity index (χ4v) is 3.26. The van der Waals surface area contributed by atoms with Crippen LogP contribution in [0, 0.1) is 0 Å². The van der Waals surface area contributed by atoms with E-state index in [0.29, 0.717) is 53.2 Å². The number of aromatic nitrogens is 4. The Morgan fingerprint density at radius 3 is 2.28 bits per heavy atom. The highest BCUT2D eigenvalue weighted by molar-refractivity contribution is 5.66. The molecular formula is C23H22N4O5. The van der Waals surface area contributed by atoms with Crippen molar-refractivity contribution >= 4 is 0 Å². The van der Waals surface area contributed by atoms with Crippen LogP contribution in [0.25, 0.3) is 22.6 Å². The molecule has 0 aliphatic rings. The molecule has 0 aliphatic heterocycles. The van der Waals surface area contributed by atoms with Crippen molar-refractivity contribution in [3.05, 3.63) is 70.8 Å². The van der Waals surface area contributed by atoms with E-state index in [2.05, 4.69) is 15.2 Å². The van der Waals surface area contributed by atoms with Gasteiger partial charge in [0.05, 0.1) is 33.6 Å². The van der Waals surface area contributed by atoms with Crippen molar-refractivity contribution < 1.29 is 18.7 Å². The lowest BCUT2D eigenvalue weighted by Gasteiger charge is -2.12. The zero-order valence-electron chi connectivity index (χ0n) is 17.9. The maximum Gasteiger partial charge on any atom is 0.266 e. The third-order valence-corrected chi connectivity index (χ3v) is 4.86. The monoisotopic (exact) mass is 434 g/mol. The number of nitrogens with zero attached hydrogens (tertiary/aromatic N) is 4. The Balaban J connectivity index is 1.54. The SMILES string of the molecule is COc1cc(-c2noc(CCn3nc(-c4ccccc4)ccc3=O)n2)cc(OC)c1OC. The first kappa shape index (κ1) is 21.1. The third-order valence-electron chi connectivity index (χ3n) is 4.86. The van der Waals surface area contributed by atoms with Crippen molar-refractivity contribution in [2.75, 3.05) is 21.3 Å². The number of benzene rings is 2. The van der Waals surface area contributed by atoms with E-state index in [1.807, 2.05) is 30.3 Å². The zero-order chi connectivity index (χ0) is 22.5. The van der Waals surface area contributed by atoms with Crippen LogP contribution in [0.1, 0.15) is 5.89 Å². The maximum absolute atomic E-state index is 12.2. The van der Waals surface area contributed by atoms with E-state index in [1.54, 1.807) is 18.2 Å². The summed E-state index contributed by atoms with van der Waals surface area (Å²) < 4.78 is 22.9. The summed E-state index contributed by atoms with van der Waals surface area (Å²) >= 11 is 0. The molecule has 0 radical (unpaired) electrons. The summed E-state index contributed by atoms with van der Waals surface area (Å²) in [5.41, 5.74) is 2.10. The molecule has 0 saturated carbocycles. The molecule has 0 amide bonds. The molecule has 4 rings (SSSR count). The van der Waals surface area contributed by atoms with Crippen LogP contribution in [-0.2, 0) is 13.0 Å². The van der Waals surface area contributed by atoms with Gasteiger partial charge in [-0.1, -0.05) is 35.5 Å². The first-order chi connectivity index (χ1) is 15.6. The molecule has 164 valence electrons. The molecule has 32 heavy (non-hydrogen) atoms. The van der Waals surface area contributed by atoms with Gasteiger partial charge in [-0.05, 0) is 18.2 Å². The zero-order valence-corrected chi connectivity index (χ0v) is 17.9. The minimum atomic E-state index is -0.200. The average molecular weight is 434 g/mol. The fraction of sp³-hybridized carbons (Fsp3) is 0.217. The second-order valence-electron chi connectivity index (χ2n) is 6.82. The Hall–Kier alpha value is -4.14. The average Bonchev–Trinajstić information content (AvgIpc) is 3.32. The lowest BCUT2D eigenvalue weighted by atomic mass is 10.1. The van der Waals surface area contributed by atoms with Crippen molar-refractivity contribution in [1.82, 2.24) is 19.9 Å². The first-order valence-electron chi connectivity index (χ1n) is 9.89. The van der Waals surface area contributed by atoms with Gasteiger partial charge in [0.1, 0.15) is 0 Å². The van der Waals surface area contributed by atoms with E-state index in [-0.39, 0.29) is 5.56 Å². The van der Waals surface area contributed by atoms with Crippen molar-refractivity contribution in [3.63, 3.8) is 0 Å². The predicted molar refractivity (Wildman–Crippen MR) is 117 cm³/mol. The summed E-state index contributed by atoms with van der Waals surface area (Å²) in [6.45, 7) is 0.302. The Morgan fingerprint density at radius 2 is 1.62 bits per heavy atom. The molecule has 9 heteroatoms. The highest BCUT2D eigenvalue weighted by Gasteiger charge is 2.17. The molecule has 2 aromatic heterocycles. The van der Waals surface area contributed by atoms with Crippen LogP contribution in [0.4, 0.5) is 0 Å². The maximum atomic E-state index is 12.2. The summed E-state index contributed by atoms with van der Waals surface area (Å²) in [5, 5.41) is 8.50. The summed E-state index contributed by atoms with van der Waals surface area (Å²) in [6, 6.07) is 16.4. The van der Waals surface area contributed by atoms with Gasteiger partial charge in [-0.3, -0.25) is 4.79 Å². The van der Waals surface area contributed by atoms with E-state index in [1.165, 1.54) is 32.1 Å². The second kappa shape index (κ2) is 9.34. The molecule has 0 atom stereocenters. The Kier molecular flexibility index (Phi) is 6.16. The van der Waals surface area contributed by atoms with Gasteiger partial charge in [-0.15, -0.1) is 0 Å². The van der Waals surface area contributed by atoms with E-state index in [9.17, 15) is 4.79 Å². The van der Waals surface area contributed by atoms with Gasteiger partial charge in [0, 0.05) is 23.6 Å². The summed E-state index contributed by atoms with van der Waals surface area (Å²) in [4.78, 5) is 16.7. The highest BCUT2D eigenvalue weighted by Crippen LogP contribution is 2.40. The standard InChI is InChI=1S/C23H22N4O5/c1-29-18-13-16(14-19(30-2)22(18)31-3)23-24-20(32-26-23)11-12-27-21(28)10-9-17(25-27)15-7-5-4-6-8-15/h4-10,13-14H,11-12H2,1-3H3. The van der Waals surface area contributed by atoms with Crippen LogP contribution in [0.3, 0.4) is 0 Å². The molecule has 0 saturated heterocycles. The summed E-state index contributed by atoms with van der Waals surface area (Å²) in [6.07, 6.45) is 0.350. The lowest BCUT2D eigenvalue weighted by Crippen LogP contribution is -2.23.